The van der Waals surface area contributed by atoms with E-state index in [0.29, 0.717) is 0 Å². The van der Waals surface area contributed by atoms with Crippen LogP contribution in [-0.4, -0.2) is 51.8 Å². The molecular weight excluding hydrogens is 133 g/mol. The lowest BCUT2D eigenvalue weighted by molar-refractivity contribution is -0.139. The first-order valence-electron chi connectivity index (χ1n) is 2.82. The van der Waals surface area contributed by atoms with E-state index in [1.165, 1.54) is 8.05 Å². The number of carbonyl (C=O) groups is 1. The van der Waals surface area contributed by atoms with Gasteiger partial charge in [0, 0.05) is 0 Å². The van der Waals surface area contributed by atoms with E-state index in [1.54, 1.807) is 0 Å². The van der Waals surface area contributed by atoms with Gasteiger partial charge in [-0.05, 0) is 21.1 Å². The maximum absolute atomic E-state index is 9.47. The van der Waals surface area contributed by atoms with Crippen LogP contribution in [0.3, 0.4) is 0 Å². The second-order valence-corrected chi connectivity index (χ2v) is 2.17. The summed E-state index contributed by atoms with van der Waals surface area (Å²) in [6, 6.07) is 0. The minimum Gasteiger partial charge on any atom is -0.480 e. The summed E-state index contributed by atoms with van der Waals surface area (Å²) in [6.07, 6.45) is 0. The van der Waals surface area contributed by atoms with Crippen LogP contribution < -0.4 is 0 Å². The second kappa shape index (κ2) is 8.45. The van der Waals surface area contributed by atoms with Crippen molar-refractivity contribution in [3.8, 4) is 0 Å². The van der Waals surface area contributed by atoms with Gasteiger partial charge >= 0.3 is 5.97 Å². The zero-order chi connectivity index (χ0) is 8.57. The van der Waals surface area contributed by atoms with Gasteiger partial charge in [-0.25, -0.2) is 4.79 Å². The topological polar surface area (TPSA) is 49.8 Å². The van der Waals surface area contributed by atoms with Gasteiger partial charge in [0.2, 0.25) is 0 Å². The van der Waals surface area contributed by atoms with Crippen molar-refractivity contribution < 1.29 is 14.6 Å². The summed E-state index contributed by atoms with van der Waals surface area (Å²) in [7, 11) is 7.34. The van der Waals surface area contributed by atoms with Gasteiger partial charge < -0.3 is 14.7 Å². The van der Waals surface area contributed by atoms with E-state index < -0.39 is 5.97 Å². The van der Waals surface area contributed by atoms with Gasteiger partial charge in [-0.1, -0.05) is 0 Å². The third kappa shape index (κ3) is 51.5. The zero-order valence-electron chi connectivity index (χ0n) is 6.92. The molecule has 0 radical (unpaired) electrons. The summed E-state index contributed by atoms with van der Waals surface area (Å²) in [5.74, 6) is -0.933. The predicted octanol–water partition coefficient (Wildman–Crippen LogP) is -1.19. The maximum atomic E-state index is 9.47. The molecule has 0 fully saturated rings. The van der Waals surface area contributed by atoms with Gasteiger partial charge in [0.25, 0.3) is 8.05 Å². The van der Waals surface area contributed by atoms with Crippen LogP contribution in [0.4, 0.5) is 0 Å². The highest BCUT2D eigenvalue weighted by molar-refractivity contribution is 5.98. The van der Waals surface area contributed by atoms with Crippen molar-refractivity contribution in [3.05, 3.63) is 0 Å². The monoisotopic (exact) mass is 147 g/mol. The van der Waals surface area contributed by atoms with Gasteiger partial charge in [0.1, 0.15) is 6.61 Å². The summed E-state index contributed by atoms with van der Waals surface area (Å²) in [6.45, 7) is -0.208. The molecule has 10 heavy (non-hydrogen) atoms. The summed E-state index contributed by atoms with van der Waals surface area (Å²) >= 11 is 0. The molecule has 0 aliphatic carbocycles. The van der Waals surface area contributed by atoms with E-state index in [9.17, 15) is 4.79 Å². The number of hydrogen-bond acceptors (Lipinski definition) is 3. The maximum Gasteiger partial charge on any atom is 0.327 e. The van der Waals surface area contributed by atoms with E-state index in [2.05, 4.69) is 4.65 Å². The number of carboxylic acids is 1. The Hall–Kier alpha value is -0.545. The van der Waals surface area contributed by atoms with Crippen molar-refractivity contribution in [3.63, 3.8) is 0 Å². The fourth-order valence-electron chi connectivity index (χ4n) is 0.123. The molecule has 5 heteroatoms. The van der Waals surface area contributed by atoms with Crippen molar-refractivity contribution in [2.24, 2.45) is 0 Å². The van der Waals surface area contributed by atoms with Crippen LogP contribution in [0.15, 0.2) is 0 Å². The van der Waals surface area contributed by atoms with Crippen LogP contribution in [0.25, 0.3) is 0 Å². The second-order valence-electron chi connectivity index (χ2n) is 2.17. The number of hydrogen-bond donors (Lipinski definition) is 1. The Kier molecular flexibility index (Phi) is 10.3. The first-order chi connectivity index (χ1) is 4.50. The zero-order valence-corrected chi connectivity index (χ0v) is 6.92. The van der Waals surface area contributed by atoms with Crippen molar-refractivity contribution in [1.82, 2.24) is 4.90 Å². The molecule has 0 aromatic carbocycles. The van der Waals surface area contributed by atoms with Crippen LogP contribution in [0.1, 0.15) is 0 Å². The average Bonchev–Trinajstić information content (AvgIpc) is 1.62. The van der Waals surface area contributed by atoms with Gasteiger partial charge in [-0.3, -0.25) is 0 Å². The first-order valence-corrected chi connectivity index (χ1v) is 2.82. The van der Waals surface area contributed by atoms with Crippen molar-refractivity contribution in [2.45, 2.75) is 0 Å². The van der Waals surface area contributed by atoms with Crippen LogP contribution in [0.5, 0.6) is 0 Å². The highest BCUT2D eigenvalue weighted by Gasteiger charge is 1.87. The summed E-state index contributed by atoms with van der Waals surface area (Å²) in [4.78, 5) is 11.5. The molecule has 0 amide bonds. The number of rotatable bonds is 2. The van der Waals surface area contributed by atoms with Crippen molar-refractivity contribution in [1.29, 1.82) is 0 Å². The van der Waals surface area contributed by atoms with E-state index in [1.807, 2.05) is 26.0 Å². The van der Waals surface area contributed by atoms with Crippen LogP contribution >= 0.6 is 0 Å². The molecule has 0 saturated heterocycles. The van der Waals surface area contributed by atoms with Gasteiger partial charge in [-0.15, -0.1) is 0 Å². The van der Waals surface area contributed by atoms with Gasteiger partial charge in [-0.2, -0.15) is 0 Å². The minimum atomic E-state index is -0.933. The third-order valence-corrected chi connectivity index (χ3v) is 0.268. The van der Waals surface area contributed by atoms with Crippen LogP contribution in [0.2, 0.25) is 0 Å². The molecule has 60 valence electrons. The smallest absolute Gasteiger partial charge is 0.327 e. The van der Waals surface area contributed by atoms with E-state index in [-0.39, 0.29) is 6.61 Å². The Morgan fingerprint density at radius 3 is 1.90 bits per heavy atom. The number of nitrogens with zero attached hydrogens (tertiary/aromatic N) is 1. The quantitative estimate of drug-likeness (QED) is 0.499. The first kappa shape index (κ1) is 12.2. The van der Waals surface area contributed by atoms with Crippen LogP contribution in [-0.2, 0) is 9.45 Å². The lowest BCUT2D eigenvalue weighted by atomic mass is 10.6. The Bertz CT molecular complexity index is 84.2. The highest BCUT2D eigenvalue weighted by Crippen LogP contribution is 1.60. The van der Waals surface area contributed by atoms with E-state index in [4.69, 9.17) is 5.11 Å². The number of aliphatic carboxylic acids is 1. The molecule has 0 aliphatic heterocycles. The van der Waals surface area contributed by atoms with E-state index >= 15 is 0 Å². The standard InChI is InChI=1S/C3H9N.C2H5BO3/c1-4(2)3;3-6-1-2(4)5/h1-3H3;1,3H2,(H,4,5). The Morgan fingerprint density at radius 2 is 1.90 bits per heavy atom. The molecule has 0 aromatic heterocycles. The van der Waals surface area contributed by atoms with E-state index in [0.717, 1.165) is 0 Å². The summed E-state index contributed by atoms with van der Waals surface area (Å²) < 4.78 is 4.20. The molecule has 0 bridgehead atoms. The fraction of sp³-hybridized carbons (Fsp3) is 0.800. The lowest BCUT2D eigenvalue weighted by Gasteiger charge is -1.90. The summed E-state index contributed by atoms with van der Waals surface area (Å²) in [5.41, 5.74) is 0. The van der Waals surface area contributed by atoms with Crippen molar-refractivity contribution >= 4 is 14.0 Å². The minimum absolute atomic E-state index is 0.208. The highest BCUT2D eigenvalue weighted by atomic mass is 16.5. The Labute approximate surface area is 62.2 Å². The molecule has 0 aromatic rings. The molecular formula is C5H14BNO3. The molecule has 0 rings (SSSR count). The molecule has 0 unspecified atom stereocenters. The molecule has 0 spiro atoms. The van der Waals surface area contributed by atoms with Gasteiger partial charge in [0.15, 0.2) is 0 Å². The Balaban J connectivity index is 0. The fourth-order valence-corrected chi connectivity index (χ4v) is 0.123. The largest absolute Gasteiger partial charge is 0.480 e. The third-order valence-electron chi connectivity index (χ3n) is 0.268. The molecule has 1 N–H and O–H groups in total. The van der Waals surface area contributed by atoms with Crippen molar-refractivity contribution in [2.75, 3.05) is 27.7 Å². The molecule has 4 nitrogen and oxygen atoms in total. The lowest BCUT2D eigenvalue weighted by Crippen LogP contribution is -2.03. The van der Waals surface area contributed by atoms with Crippen LogP contribution in [0, 0.1) is 0 Å². The molecule has 0 heterocycles. The normalized spacial score (nSPS) is 8.40. The average molecular weight is 147 g/mol. The predicted molar refractivity (Wildman–Crippen MR) is 41.7 cm³/mol. The molecule has 0 atom stereocenters. The SMILES string of the molecule is BOCC(=O)O.CN(C)C. The number of carboxylic acid groups (broad SMARTS) is 1. The van der Waals surface area contributed by atoms with Gasteiger partial charge in [0.05, 0.1) is 0 Å². The summed E-state index contributed by atoms with van der Waals surface area (Å²) in [5, 5.41) is 7.79. The molecule has 0 aliphatic rings. The Morgan fingerprint density at radius 1 is 1.60 bits per heavy atom. The molecule has 0 saturated carbocycles.